The van der Waals surface area contributed by atoms with Gasteiger partial charge in [-0.3, -0.25) is 4.79 Å². The van der Waals surface area contributed by atoms with Gasteiger partial charge >= 0.3 is 0 Å². The fraction of sp³-hybridized carbons (Fsp3) is 0.200. The van der Waals surface area contributed by atoms with Crippen LogP contribution in [-0.4, -0.2) is 10.9 Å². The molecule has 1 aromatic heterocycles. The molecule has 0 saturated carbocycles. The average molecular weight is 369 g/mol. The first kappa shape index (κ1) is 17.7. The zero-order valence-electron chi connectivity index (χ0n) is 14.1. The molecule has 0 aliphatic carbocycles. The van der Waals surface area contributed by atoms with Gasteiger partial charge in [-0.25, -0.2) is 4.98 Å². The maximum atomic E-state index is 12.1. The molecule has 1 heterocycles. The van der Waals surface area contributed by atoms with E-state index in [4.69, 9.17) is 0 Å². The van der Waals surface area contributed by atoms with E-state index in [0.29, 0.717) is 13.0 Å². The van der Waals surface area contributed by atoms with Gasteiger partial charge in [0.2, 0.25) is 5.91 Å². The van der Waals surface area contributed by atoms with Crippen molar-refractivity contribution in [3.8, 4) is 0 Å². The molecule has 1 amide bonds. The number of thioether (sulfide) groups is 1. The van der Waals surface area contributed by atoms with Crippen LogP contribution in [0.4, 0.5) is 0 Å². The number of amides is 1. The number of thiazole rings is 1. The van der Waals surface area contributed by atoms with Crippen molar-refractivity contribution in [2.75, 3.05) is 0 Å². The number of hydrogen-bond acceptors (Lipinski definition) is 4. The van der Waals surface area contributed by atoms with Crippen LogP contribution in [0.2, 0.25) is 0 Å². The summed E-state index contributed by atoms with van der Waals surface area (Å²) in [6.45, 7) is 2.64. The molecule has 0 saturated heterocycles. The van der Waals surface area contributed by atoms with E-state index in [0.717, 1.165) is 21.3 Å². The number of aryl methyl sites for hydroxylation is 1. The highest BCUT2D eigenvalue weighted by Crippen LogP contribution is 2.26. The molecule has 3 nitrogen and oxygen atoms in total. The summed E-state index contributed by atoms with van der Waals surface area (Å²) in [5.74, 6) is 0.900. The van der Waals surface area contributed by atoms with E-state index in [1.807, 2.05) is 35.7 Å². The van der Waals surface area contributed by atoms with Gasteiger partial charge in [0.15, 0.2) is 0 Å². The molecule has 5 heteroatoms. The van der Waals surface area contributed by atoms with Crippen LogP contribution in [-0.2, 0) is 23.5 Å². The summed E-state index contributed by atoms with van der Waals surface area (Å²) in [6, 6.07) is 18.5. The number of carbonyl (C=O) groups is 1. The lowest BCUT2D eigenvalue weighted by molar-refractivity contribution is -0.120. The third-order valence-corrected chi connectivity index (χ3v) is 5.83. The summed E-state index contributed by atoms with van der Waals surface area (Å²) in [7, 11) is 0. The van der Waals surface area contributed by atoms with E-state index in [1.165, 1.54) is 11.1 Å². The van der Waals surface area contributed by atoms with Gasteiger partial charge in [-0.05, 0) is 18.1 Å². The maximum Gasteiger partial charge on any atom is 0.226 e. The first-order chi connectivity index (χ1) is 12.2. The molecule has 0 fully saturated rings. The van der Waals surface area contributed by atoms with E-state index in [9.17, 15) is 4.79 Å². The molecule has 3 rings (SSSR count). The molecule has 25 heavy (non-hydrogen) atoms. The van der Waals surface area contributed by atoms with Crippen LogP contribution in [0.1, 0.15) is 22.4 Å². The highest BCUT2D eigenvalue weighted by Gasteiger charge is 2.08. The fourth-order valence-corrected chi connectivity index (χ4v) is 4.09. The molecule has 0 radical (unpaired) electrons. The van der Waals surface area contributed by atoms with Crippen LogP contribution in [0.15, 0.2) is 64.3 Å². The maximum absolute atomic E-state index is 12.1. The molecular formula is C20H20N2OS2. The van der Waals surface area contributed by atoms with Crippen LogP contribution >= 0.6 is 23.1 Å². The summed E-state index contributed by atoms with van der Waals surface area (Å²) in [5, 5.41) is 4.91. The second kappa shape index (κ2) is 8.83. The van der Waals surface area contributed by atoms with Gasteiger partial charge in [-0.2, -0.15) is 0 Å². The third-order valence-electron chi connectivity index (χ3n) is 3.69. The van der Waals surface area contributed by atoms with Crippen LogP contribution < -0.4 is 5.32 Å². The van der Waals surface area contributed by atoms with E-state index in [2.05, 4.69) is 41.5 Å². The molecule has 0 unspecified atom stereocenters. The predicted molar refractivity (Wildman–Crippen MR) is 105 cm³/mol. The molecule has 0 atom stereocenters. The van der Waals surface area contributed by atoms with Crippen molar-refractivity contribution in [3.05, 3.63) is 82.4 Å². The Morgan fingerprint density at radius 3 is 2.60 bits per heavy atom. The van der Waals surface area contributed by atoms with Crippen molar-refractivity contribution < 1.29 is 4.79 Å². The molecule has 128 valence electrons. The average Bonchev–Trinajstić information content (AvgIpc) is 3.08. The Hall–Kier alpha value is -2.11. The fourth-order valence-electron chi connectivity index (χ4n) is 2.29. The highest BCUT2D eigenvalue weighted by molar-refractivity contribution is 8.00. The van der Waals surface area contributed by atoms with Gasteiger partial charge in [0.05, 0.1) is 12.1 Å². The van der Waals surface area contributed by atoms with Crippen molar-refractivity contribution in [2.45, 2.75) is 30.0 Å². The minimum atomic E-state index is 0.00392. The zero-order valence-corrected chi connectivity index (χ0v) is 15.7. The lowest BCUT2D eigenvalue weighted by atomic mass is 10.2. The van der Waals surface area contributed by atoms with Gasteiger partial charge in [0, 0.05) is 17.7 Å². The van der Waals surface area contributed by atoms with Gasteiger partial charge in [0.25, 0.3) is 0 Å². The Morgan fingerprint density at radius 2 is 1.84 bits per heavy atom. The minimum absolute atomic E-state index is 0.00392. The summed E-state index contributed by atoms with van der Waals surface area (Å²) in [6.07, 6.45) is 0.328. The summed E-state index contributed by atoms with van der Waals surface area (Å²) >= 11 is 3.31. The van der Waals surface area contributed by atoms with Gasteiger partial charge in [-0.15, -0.1) is 11.3 Å². The molecule has 3 aromatic rings. The smallest absolute Gasteiger partial charge is 0.226 e. The SMILES string of the molecule is Cc1ccc(CSc2nc(CC(=O)NCc3ccccc3)cs2)cc1. The quantitative estimate of drug-likeness (QED) is 0.620. The number of aromatic nitrogens is 1. The van der Waals surface area contributed by atoms with Crippen molar-refractivity contribution in [3.63, 3.8) is 0 Å². The van der Waals surface area contributed by atoms with Crippen molar-refractivity contribution in [1.29, 1.82) is 0 Å². The number of hydrogen-bond donors (Lipinski definition) is 1. The van der Waals surface area contributed by atoms with Crippen molar-refractivity contribution in [2.24, 2.45) is 0 Å². The second-order valence-corrected chi connectivity index (χ2v) is 7.90. The van der Waals surface area contributed by atoms with Crippen LogP contribution in [0, 0.1) is 6.92 Å². The van der Waals surface area contributed by atoms with E-state index >= 15 is 0 Å². The van der Waals surface area contributed by atoms with E-state index < -0.39 is 0 Å². The summed E-state index contributed by atoms with van der Waals surface area (Å²) in [5.41, 5.74) is 4.49. The minimum Gasteiger partial charge on any atom is -0.352 e. The first-order valence-corrected chi connectivity index (χ1v) is 9.99. The Morgan fingerprint density at radius 1 is 1.08 bits per heavy atom. The highest BCUT2D eigenvalue weighted by atomic mass is 32.2. The van der Waals surface area contributed by atoms with Crippen molar-refractivity contribution in [1.82, 2.24) is 10.3 Å². The largest absolute Gasteiger partial charge is 0.352 e. The lowest BCUT2D eigenvalue weighted by Gasteiger charge is -2.03. The molecule has 0 aliphatic rings. The Balaban J connectivity index is 1.46. The molecule has 0 aliphatic heterocycles. The number of rotatable bonds is 7. The normalized spacial score (nSPS) is 10.6. The number of benzene rings is 2. The number of carbonyl (C=O) groups excluding carboxylic acids is 1. The monoisotopic (exact) mass is 368 g/mol. The molecule has 0 bridgehead atoms. The van der Waals surface area contributed by atoms with E-state index in [1.54, 1.807) is 23.1 Å². The zero-order chi connectivity index (χ0) is 17.5. The summed E-state index contributed by atoms with van der Waals surface area (Å²) < 4.78 is 1.01. The Labute approximate surface area is 156 Å². The third kappa shape index (κ3) is 5.73. The predicted octanol–water partition coefficient (Wildman–Crippen LogP) is 4.60. The molecule has 2 aromatic carbocycles. The lowest BCUT2D eigenvalue weighted by Crippen LogP contribution is -2.24. The van der Waals surface area contributed by atoms with Gasteiger partial charge in [-0.1, -0.05) is 71.9 Å². The standard InChI is InChI=1S/C20H20N2OS2/c1-15-7-9-17(10-8-15)13-24-20-22-18(14-25-20)11-19(23)21-12-16-5-3-2-4-6-16/h2-10,14H,11-13H2,1H3,(H,21,23). The van der Waals surface area contributed by atoms with Crippen LogP contribution in [0.5, 0.6) is 0 Å². The topological polar surface area (TPSA) is 42.0 Å². The van der Waals surface area contributed by atoms with Crippen LogP contribution in [0.3, 0.4) is 0 Å². The molecule has 1 N–H and O–H groups in total. The number of nitrogens with one attached hydrogen (secondary N) is 1. The van der Waals surface area contributed by atoms with Crippen LogP contribution in [0.25, 0.3) is 0 Å². The Bertz CT molecular complexity index is 813. The second-order valence-electron chi connectivity index (χ2n) is 5.82. The Kier molecular flexibility index (Phi) is 6.25. The summed E-state index contributed by atoms with van der Waals surface area (Å²) in [4.78, 5) is 16.6. The first-order valence-electron chi connectivity index (χ1n) is 8.12. The number of nitrogens with zero attached hydrogens (tertiary/aromatic N) is 1. The van der Waals surface area contributed by atoms with Gasteiger partial charge < -0.3 is 5.32 Å². The molecule has 0 spiro atoms. The van der Waals surface area contributed by atoms with E-state index in [-0.39, 0.29) is 5.91 Å². The van der Waals surface area contributed by atoms with Crippen molar-refractivity contribution >= 4 is 29.0 Å². The molecular weight excluding hydrogens is 348 g/mol. The van der Waals surface area contributed by atoms with Gasteiger partial charge in [0.1, 0.15) is 4.34 Å².